The van der Waals surface area contributed by atoms with Crippen molar-refractivity contribution in [2.45, 2.75) is 51.6 Å². The molecule has 3 rings (SSSR count). The van der Waals surface area contributed by atoms with Gasteiger partial charge in [0.15, 0.2) is 0 Å². The molecule has 0 bridgehead atoms. The average molecular weight is 319 g/mol. The van der Waals surface area contributed by atoms with Crippen molar-refractivity contribution in [1.29, 1.82) is 0 Å². The number of hydrogen-bond donors (Lipinski definition) is 0. The molecule has 0 radical (unpaired) electrons. The molecule has 2 aromatic carbocycles. The maximum atomic E-state index is 2.69. The Bertz CT molecular complexity index is 593. The van der Waals surface area contributed by atoms with Crippen LogP contribution in [0.15, 0.2) is 66.7 Å². The lowest BCUT2D eigenvalue weighted by Crippen LogP contribution is -2.43. The molecule has 0 N–H and O–H groups in total. The second-order valence-corrected chi connectivity index (χ2v) is 7.01. The third kappa shape index (κ3) is 4.15. The Labute approximate surface area is 147 Å². The Balaban J connectivity index is 1.77. The molecule has 0 amide bonds. The van der Waals surface area contributed by atoms with Crippen molar-refractivity contribution in [3.05, 3.63) is 77.9 Å². The molecule has 0 aliphatic carbocycles. The van der Waals surface area contributed by atoms with E-state index >= 15 is 0 Å². The molecular weight excluding hydrogens is 290 g/mol. The summed E-state index contributed by atoms with van der Waals surface area (Å²) >= 11 is 0. The van der Waals surface area contributed by atoms with Gasteiger partial charge >= 0.3 is 0 Å². The fourth-order valence-electron chi connectivity index (χ4n) is 3.91. The number of rotatable bonds is 5. The van der Waals surface area contributed by atoms with E-state index in [4.69, 9.17) is 0 Å². The number of hydrogen-bond acceptors (Lipinski definition) is 1. The van der Waals surface area contributed by atoms with E-state index < -0.39 is 0 Å². The Kier molecular flexibility index (Phi) is 5.87. The molecule has 2 atom stereocenters. The zero-order valence-corrected chi connectivity index (χ0v) is 15.0. The topological polar surface area (TPSA) is 3.24 Å². The minimum Gasteiger partial charge on any atom is -0.298 e. The summed E-state index contributed by atoms with van der Waals surface area (Å²) < 4.78 is 0. The first-order valence-corrected chi connectivity index (χ1v) is 9.32. The molecule has 1 fully saturated rings. The first-order chi connectivity index (χ1) is 11.8. The van der Waals surface area contributed by atoms with Crippen molar-refractivity contribution in [3.63, 3.8) is 0 Å². The third-order valence-electron chi connectivity index (χ3n) is 5.28. The van der Waals surface area contributed by atoms with Crippen molar-refractivity contribution in [2.75, 3.05) is 6.54 Å². The van der Waals surface area contributed by atoms with Crippen LogP contribution in [0, 0.1) is 0 Å². The number of piperidine rings is 1. The molecule has 1 heterocycles. The molecular formula is C23H29N. The van der Waals surface area contributed by atoms with E-state index in [9.17, 15) is 0 Å². The van der Waals surface area contributed by atoms with Crippen LogP contribution in [0.2, 0.25) is 0 Å². The quantitative estimate of drug-likeness (QED) is 0.676. The monoisotopic (exact) mass is 319 g/mol. The van der Waals surface area contributed by atoms with Gasteiger partial charge in [-0.15, -0.1) is 0 Å². The summed E-state index contributed by atoms with van der Waals surface area (Å²) in [5.41, 5.74) is 3.97. The molecule has 0 spiro atoms. The summed E-state index contributed by atoms with van der Waals surface area (Å²) in [6.45, 7) is 5.93. The van der Waals surface area contributed by atoms with Crippen molar-refractivity contribution < 1.29 is 0 Å². The molecule has 1 aliphatic rings. The smallest absolute Gasteiger partial charge is 0.00698 e. The van der Waals surface area contributed by atoms with Crippen LogP contribution in [0.3, 0.4) is 0 Å². The minimum absolute atomic E-state index is 0.721. The summed E-state index contributed by atoms with van der Waals surface area (Å²) in [6, 6.07) is 23.0. The van der Waals surface area contributed by atoms with Crippen molar-refractivity contribution in [1.82, 2.24) is 4.90 Å². The predicted molar refractivity (Wildman–Crippen MR) is 104 cm³/mol. The number of nitrogens with zero attached hydrogens (tertiary/aromatic N) is 1. The second-order valence-electron chi connectivity index (χ2n) is 7.01. The van der Waals surface area contributed by atoms with Gasteiger partial charge < -0.3 is 0 Å². The molecule has 0 saturated carbocycles. The van der Waals surface area contributed by atoms with Gasteiger partial charge in [-0.2, -0.15) is 0 Å². The maximum absolute atomic E-state index is 2.69. The molecule has 1 aliphatic heterocycles. The highest BCUT2D eigenvalue weighted by molar-refractivity contribution is 5.79. The fraction of sp³-hybridized carbons (Fsp3) is 0.391. The zero-order chi connectivity index (χ0) is 16.8. The molecule has 2 aromatic rings. The molecule has 1 nitrogen and oxygen atoms in total. The van der Waals surface area contributed by atoms with Crippen LogP contribution in [-0.4, -0.2) is 23.5 Å². The van der Waals surface area contributed by atoms with Crippen molar-refractivity contribution >= 4 is 5.57 Å². The first kappa shape index (κ1) is 17.0. The van der Waals surface area contributed by atoms with Crippen LogP contribution in [0.5, 0.6) is 0 Å². The third-order valence-corrected chi connectivity index (χ3v) is 5.28. The van der Waals surface area contributed by atoms with Gasteiger partial charge in [0, 0.05) is 18.6 Å². The number of benzene rings is 2. The average Bonchev–Trinajstić information content (AvgIpc) is 2.62. The zero-order valence-electron chi connectivity index (χ0n) is 15.0. The van der Waals surface area contributed by atoms with E-state index in [1.165, 1.54) is 36.0 Å². The highest BCUT2D eigenvalue weighted by Gasteiger charge is 2.23. The van der Waals surface area contributed by atoms with Crippen LogP contribution >= 0.6 is 0 Å². The fourth-order valence-corrected chi connectivity index (χ4v) is 3.91. The summed E-state index contributed by atoms with van der Waals surface area (Å²) in [7, 11) is 0. The van der Waals surface area contributed by atoms with Crippen molar-refractivity contribution in [3.8, 4) is 0 Å². The number of likely N-dealkylation sites (tertiary alicyclic amines) is 1. The summed E-state index contributed by atoms with van der Waals surface area (Å²) in [6.07, 6.45) is 7.61. The van der Waals surface area contributed by atoms with Gasteiger partial charge in [0.2, 0.25) is 0 Å². The van der Waals surface area contributed by atoms with Crippen LogP contribution in [0.1, 0.15) is 50.7 Å². The van der Waals surface area contributed by atoms with Gasteiger partial charge in [-0.3, -0.25) is 4.90 Å². The largest absolute Gasteiger partial charge is 0.298 e. The Morgan fingerprint density at radius 2 is 1.38 bits per heavy atom. The van der Waals surface area contributed by atoms with Gasteiger partial charge in [0.1, 0.15) is 0 Å². The lowest BCUT2D eigenvalue weighted by molar-refractivity contribution is 0.106. The summed E-state index contributed by atoms with van der Waals surface area (Å²) in [5, 5.41) is 0. The Morgan fingerprint density at radius 1 is 0.875 bits per heavy atom. The van der Waals surface area contributed by atoms with E-state index in [2.05, 4.69) is 85.5 Å². The minimum atomic E-state index is 0.721. The van der Waals surface area contributed by atoms with E-state index in [0.717, 1.165) is 25.0 Å². The van der Waals surface area contributed by atoms with Gasteiger partial charge in [-0.1, -0.05) is 73.2 Å². The van der Waals surface area contributed by atoms with Gasteiger partial charge in [-0.05, 0) is 49.8 Å². The molecule has 1 saturated heterocycles. The van der Waals surface area contributed by atoms with E-state index in [1.54, 1.807) is 0 Å². The van der Waals surface area contributed by atoms with E-state index in [1.807, 2.05) is 0 Å². The van der Waals surface area contributed by atoms with Gasteiger partial charge in [0.25, 0.3) is 0 Å². The summed E-state index contributed by atoms with van der Waals surface area (Å²) in [5.74, 6) is 0. The second kappa shape index (κ2) is 8.30. The van der Waals surface area contributed by atoms with Crippen LogP contribution < -0.4 is 0 Å². The molecule has 126 valence electrons. The Morgan fingerprint density at radius 3 is 1.88 bits per heavy atom. The molecule has 0 aromatic heterocycles. The normalized spacial score (nSPS) is 21.4. The standard InChI is InChI=1S/C23H29N/c1-19-11-9-12-20(2)24(19)18-10-17-23(21-13-5-3-6-14-21)22-15-7-4-8-16-22/h3-8,13-17,19-20H,9-12,18H2,1-2H3/t19-,20-/m0/s1. The maximum Gasteiger partial charge on any atom is 0.00698 e. The van der Waals surface area contributed by atoms with Crippen LogP contribution in [0.4, 0.5) is 0 Å². The first-order valence-electron chi connectivity index (χ1n) is 9.32. The van der Waals surface area contributed by atoms with Crippen LogP contribution in [-0.2, 0) is 0 Å². The molecule has 1 heteroatoms. The van der Waals surface area contributed by atoms with Crippen molar-refractivity contribution in [2.24, 2.45) is 0 Å². The lowest BCUT2D eigenvalue weighted by atomic mass is 9.95. The molecule has 0 unspecified atom stereocenters. The highest BCUT2D eigenvalue weighted by Crippen LogP contribution is 2.26. The Hall–Kier alpha value is -1.86. The predicted octanol–water partition coefficient (Wildman–Crippen LogP) is 5.77. The van der Waals surface area contributed by atoms with Crippen LogP contribution in [0.25, 0.3) is 5.57 Å². The van der Waals surface area contributed by atoms with E-state index in [0.29, 0.717) is 0 Å². The molecule has 24 heavy (non-hydrogen) atoms. The lowest BCUT2D eigenvalue weighted by Gasteiger charge is -2.38. The van der Waals surface area contributed by atoms with E-state index in [-0.39, 0.29) is 0 Å². The van der Waals surface area contributed by atoms with Gasteiger partial charge in [-0.25, -0.2) is 0 Å². The highest BCUT2D eigenvalue weighted by atomic mass is 15.2. The summed E-state index contributed by atoms with van der Waals surface area (Å²) in [4.78, 5) is 2.69. The van der Waals surface area contributed by atoms with Gasteiger partial charge in [0.05, 0.1) is 0 Å². The SMILES string of the molecule is C[C@H]1CCC[C@H](C)N1CCC=C(c1ccccc1)c1ccccc1.